The molecule has 2 aromatic heterocycles. The molecular formula is C13H14N4. The van der Waals surface area contributed by atoms with Crippen LogP contribution in [0.2, 0.25) is 0 Å². The van der Waals surface area contributed by atoms with E-state index >= 15 is 0 Å². The topological polar surface area (TPSA) is 64.7 Å². The lowest BCUT2D eigenvalue weighted by atomic mass is 9.84. The molecule has 4 heteroatoms. The van der Waals surface area contributed by atoms with Crippen LogP contribution in [0, 0.1) is 0 Å². The zero-order valence-corrected chi connectivity index (χ0v) is 9.50. The van der Waals surface area contributed by atoms with Crippen molar-refractivity contribution in [1.82, 2.24) is 15.0 Å². The Bertz CT molecular complexity index is 538. The van der Waals surface area contributed by atoms with Crippen molar-refractivity contribution in [2.45, 2.75) is 25.2 Å². The minimum atomic E-state index is 0.269. The highest BCUT2D eigenvalue weighted by atomic mass is 14.9. The Labute approximate surface area is 99.9 Å². The van der Waals surface area contributed by atoms with Crippen LogP contribution in [-0.2, 0) is 6.42 Å². The number of fused-ring (bicyclic) bond motifs is 1. The van der Waals surface area contributed by atoms with Crippen LogP contribution in [0.15, 0.2) is 30.7 Å². The molecule has 4 nitrogen and oxygen atoms in total. The Morgan fingerprint density at radius 2 is 2.18 bits per heavy atom. The summed E-state index contributed by atoms with van der Waals surface area (Å²) in [4.78, 5) is 12.8. The highest BCUT2D eigenvalue weighted by Gasteiger charge is 2.23. The molecule has 1 aliphatic rings. The molecule has 1 atom stereocenters. The molecule has 3 rings (SSSR count). The summed E-state index contributed by atoms with van der Waals surface area (Å²) in [5, 5.41) is 0. The lowest BCUT2D eigenvalue weighted by Gasteiger charge is -2.23. The van der Waals surface area contributed by atoms with E-state index in [9.17, 15) is 0 Å². The third kappa shape index (κ3) is 1.86. The quantitative estimate of drug-likeness (QED) is 0.806. The van der Waals surface area contributed by atoms with E-state index in [2.05, 4.69) is 21.0 Å². The van der Waals surface area contributed by atoms with Gasteiger partial charge < -0.3 is 5.73 Å². The molecule has 1 unspecified atom stereocenters. The predicted octanol–water partition coefficient (Wildman–Crippen LogP) is 1.92. The molecule has 0 spiro atoms. The average molecular weight is 226 g/mol. The van der Waals surface area contributed by atoms with E-state index in [-0.39, 0.29) is 5.92 Å². The molecule has 2 aromatic rings. The van der Waals surface area contributed by atoms with E-state index in [1.165, 1.54) is 18.3 Å². The highest BCUT2D eigenvalue weighted by molar-refractivity contribution is 5.36. The van der Waals surface area contributed by atoms with Crippen LogP contribution in [0.1, 0.15) is 35.7 Å². The molecule has 2 N–H and O–H groups in total. The first-order valence-corrected chi connectivity index (χ1v) is 5.86. The van der Waals surface area contributed by atoms with E-state index in [0.29, 0.717) is 5.82 Å². The van der Waals surface area contributed by atoms with Crippen molar-refractivity contribution in [2.75, 3.05) is 5.73 Å². The number of nitrogens with two attached hydrogens (primary N) is 1. The Balaban J connectivity index is 2.06. The molecule has 0 radical (unpaired) electrons. The Hall–Kier alpha value is -1.97. The van der Waals surface area contributed by atoms with Crippen LogP contribution >= 0.6 is 0 Å². The van der Waals surface area contributed by atoms with E-state index in [0.717, 1.165) is 24.2 Å². The van der Waals surface area contributed by atoms with Crippen molar-refractivity contribution in [3.05, 3.63) is 47.7 Å². The molecule has 0 amide bonds. The molecule has 0 saturated carbocycles. The van der Waals surface area contributed by atoms with Gasteiger partial charge >= 0.3 is 0 Å². The van der Waals surface area contributed by atoms with E-state index < -0.39 is 0 Å². The van der Waals surface area contributed by atoms with Crippen LogP contribution in [-0.4, -0.2) is 15.0 Å². The van der Waals surface area contributed by atoms with Gasteiger partial charge in [-0.1, -0.05) is 6.07 Å². The summed E-state index contributed by atoms with van der Waals surface area (Å²) in [6.07, 6.45) is 6.75. The lowest BCUT2D eigenvalue weighted by Crippen LogP contribution is -2.14. The minimum Gasteiger partial charge on any atom is -0.384 e. The van der Waals surface area contributed by atoms with E-state index in [1.807, 2.05) is 18.3 Å². The van der Waals surface area contributed by atoms with Crippen molar-refractivity contribution in [3.8, 4) is 0 Å². The van der Waals surface area contributed by atoms with Gasteiger partial charge in [0, 0.05) is 18.2 Å². The fraction of sp³-hybridized carbons (Fsp3) is 0.308. The smallest absolute Gasteiger partial charge is 0.127 e. The number of aryl methyl sites for hydroxylation is 1. The van der Waals surface area contributed by atoms with E-state index in [1.54, 1.807) is 0 Å². The summed E-state index contributed by atoms with van der Waals surface area (Å²) in [7, 11) is 0. The summed E-state index contributed by atoms with van der Waals surface area (Å²) >= 11 is 0. The number of anilines is 1. The lowest BCUT2D eigenvalue weighted by molar-refractivity contribution is 0.587. The monoisotopic (exact) mass is 226 g/mol. The van der Waals surface area contributed by atoms with Gasteiger partial charge in [-0.25, -0.2) is 9.97 Å². The fourth-order valence-corrected chi connectivity index (χ4v) is 2.48. The van der Waals surface area contributed by atoms with Crippen molar-refractivity contribution < 1.29 is 0 Å². The maximum atomic E-state index is 5.71. The van der Waals surface area contributed by atoms with E-state index in [4.69, 9.17) is 5.73 Å². The van der Waals surface area contributed by atoms with Gasteiger partial charge in [-0.05, 0) is 30.9 Å². The van der Waals surface area contributed by atoms with Crippen molar-refractivity contribution >= 4 is 5.82 Å². The number of rotatable bonds is 1. The number of aromatic nitrogens is 3. The molecule has 2 heterocycles. The maximum Gasteiger partial charge on any atom is 0.127 e. The van der Waals surface area contributed by atoms with Crippen LogP contribution in [0.4, 0.5) is 5.82 Å². The molecule has 1 aliphatic carbocycles. The third-order valence-corrected chi connectivity index (χ3v) is 3.26. The maximum absolute atomic E-state index is 5.71. The van der Waals surface area contributed by atoms with Crippen LogP contribution in [0.25, 0.3) is 0 Å². The minimum absolute atomic E-state index is 0.269. The number of nitrogen functional groups attached to an aromatic ring is 1. The molecule has 17 heavy (non-hydrogen) atoms. The second-order valence-electron chi connectivity index (χ2n) is 4.36. The average Bonchev–Trinajstić information content (AvgIpc) is 2.38. The molecule has 0 fully saturated rings. The van der Waals surface area contributed by atoms with Crippen molar-refractivity contribution in [3.63, 3.8) is 0 Å². The van der Waals surface area contributed by atoms with Crippen molar-refractivity contribution in [2.24, 2.45) is 0 Å². The van der Waals surface area contributed by atoms with Gasteiger partial charge in [0.25, 0.3) is 0 Å². The second-order valence-corrected chi connectivity index (χ2v) is 4.36. The third-order valence-electron chi connectivity index (χ3n) is 3.26. The van der Waals surface area contributed by atoms with Crippen LogP contribution in [0.3, 0.4) is 0 Å². The molecular weight excluding hydrogens is 212 g/mol. The second kappa shape index (κ2) is 4.13. The van der Waals surface area contributed by atoms with Gasteiger partial charge in [0.05, 0.1) is 11.4 Å². The van der Waals surface area contributed by atoms with Gasteiger partial charge in [0.1, 0.15) is 12.1 Å². The van der Waals surface area contributed by atoms with Crippen LogP contribution in [0.5, 0.6) is 0 Å². The van der Waals surface area contributed by atoms with Gasteiger partial charge in [-0.2, -0.15) is 0 Å². The summed E-state index contributed by atoms with van der Waals surface area (Å²) in [6, 6.07) is 6.00. The Morgan fingerprint density at radius 3 is 3.06 bits per heavy atom. The summed E-state index contributed by atoms with van der Waals surface area (Å²) in [5.74, 6) is 0.795. The first kappa shape index (κ1) is 10.2. The summed E-state index contributed by atoms with van der Waals surface area (Å²) < 4.78 is 0. The largest absolute Gasteiger partial charge is 0.384 e. The van der Waals surface area contributed by atoms with Gasteiger partial charge in [-0.15, -0.1) is 0 Å². The van der Waals surface area contributed by atoms with Gasteiger partial charge in [0.15, 0.2) is 0 Å². The molecule has 0 saturated heterocycles. The normalized spacial score (nSPS) is 18.7. The standard InChI is InChI=1S/C13H14N4/c14-12-7-11(16-8-17-12)10-5-1-3-9-4-2-6-15-13(9)10/h2,4,6-8,10H,1,3,5H2,(H2,14,16,17). The van der Waals surface area contributed by atoms with Crippen molar-refractivity contribution in [1.29, 1.82) is 0 Å². The number of hydrogen-bond donors (Lipinski definition) is 1. The number of pyridine rings is 1. The molecule has 0 aromatic carbocycles. The Morgan fingerprint density at radius 1 is 1.24 bits per heavy atom. The predicted molar refractivity (Wildman–Crippen MR) is 65.5 cm³/mol. The molecule has 86 valence electrons. The van der Waals surface area contributed by atoms with Crippen LogP contribution < -0.4 is 5.73 Å². The summed E-state index contributed by atoms with van der Waals surface area (Å²) in [6.45, 7) is 0. The highest BCUT2D eigenvalue weighted by Crippen LogP contribution is 2.34. The molecule has 0 aliphatic heterocycles. The summed E-state index contributed by atoms with van der Waals surface area (Å²) in [5.41, 5.74) is 9.18. The fourth-order valence-electron chi connectivity index (χ4n) is 2.48. The first-order valence-electron chi connectivity index (χ1n) is 5.86. The number of hydrogen-bond acceptors (Lipinski definition) is 4. The zero-order chi connectivity index (χ0) is 11.7. The van der Waals surface area contributed by atoms with Gasteiger partial charge in [0.2, 0.25) is 0 Å². The number of nitrogens with zero attached hydrogens (tertiary/aromatic N) is 3. The SMILES string of the molecule is Nc1cc(C2CCCc3cccnc32)ncn1. The first-order chi connectivity index (χ1) is 8.34. The Kier molecular flexibility index (Phi) is 2.48. The zero-order valence-electron chi connectivity index (χ0n) is 9.50. The van der Waals surface area contributed by atoms with Gasteiger partial charge in [-0.3, -0.25) is 4.98 Å². The molecule has 0 bridgehead atoms.